The van der Waals surface area contributed by atoms with Gasteiger partial charge < -0.3 is 0 Å². The van der Waals surface area contributed by atoms with Crippen LogP contribution in [0.25, 0.3) is 10.8 Å². The van der Waals surface area contributed by atoms with E-state index in [2.05, 4.69) is 51.1 Å². The van der Waals surface area contributed by atoms with Crippen LogP contribution in [0.1, 0.15) is 23.6 Å². The first-order chi connectivity index (χ1) is 6.70. The van der Waals surface area contributed by atoms with Crippen molar-refractivity contribution in [2.45, 2.75) is 27.2 Å². The summed E-state index contributed by atoms with van der Waals surface area (Å²) in [5.41, 5.74) is 4.16. The third-order valence-electron chi connectivity index (χ3n) is 2.72. The maximum absolute atomic E-state index is 2.29. The Morgan fingerprint density at radius 1 is 0.929 bits per heavy atom. The maximum Gasteiger partial charge on any atom is -0.0149 e. The lowest BCUT2D eigenvalue weighted by molar-refractivity contribution is 1.15. The van der Waals surface area contributed by atoms with Crippen molar-refractivity contribution in [2.75, 3.05) is 0 Å². The highest BCUT2D eigenvalue weighted by atomic mass is 14.1. The summed E-state index contributed by atoms with van der Waals surface area (Å²) in [6.07, 6.45) is 1.11. The van der Waals surface area contributed by atoms with Crippen LogP contribution in [0, 0.1) is 13.8 Å². The van der Waals surface area contributed by atoms with Crippen molar-refractivity contribution >= 4 is 10.8 Å². The van der Waals surface area contributed by atoms with Gasteiger partial charge in [0.2, 0.25) is 0 Å². The zero-order chi connectivity index (χ0) is 10.1. The van der Waals surface area contributed by atoms with Gasteiger partial charge in [-0.1, -0.05) is 48.4 Å². The lowest BCUT2D eigenvalue weighted by Gasteiger charge is -2.07. The summed E-state index contributed by atoms with van der Waals surface area (Å²) in [6, 6.07) is 11.2. The second kappa shape index (κ2) is 3.45. The molecule has 0 nitrogen and oxygen atoms in total. The van der Waals surface area contributed by atoms with Crippen LogP contribution in [0.3, 0.4) is 0 Å². The van der Waals surface area contributed by atoms with Gasteiger partial charge in [0.05, 0.1) is 0 Å². The Labute approximate surface area is 85.6 Å². The molecule has 0 radical (unpaired) electrons. The van der Waals surface area contributed by atoms with E-state index in [0.29, 0.717) is 0 Å². The lowest BCUT2D eigenvalue weighted by Crippen LogP contribution is -1.86. The fourth-order valence-corrected chi connectivity index (χ4v) is 2.01. The highest BCUT2D eigenvalue weighted by molar-refractivity contribution is 5.87. The van der Waals surface area contributed by atoms with E-state index in [4.69, 9.17) is 0 Å². The number of benzene rings is 2. The Morgan fingerprint density at radius 3 is 2.43 bits per heavy atom. The predicted molar refractivity (Wildman–Crippen MR) is 62.8 cm³/mol. The van der Waals surface area contributed by atoms with Crippen molar-refractivity contribution in [3.63, 3.8) is 0 Å². The molecule has 72 valence electrons. The van der Waals surface area contributed by atoms with Crippen molar-refractivity contribution in [3.05, 3.63) is 47.0 Å². The summed E-state index contributed by atoms with van der Waals surface area (Å²) < 4.78 is 0. The fourth-order valence-electron chi connectivity index (χ4n) is 2.01. The van der Waals surface area contributed by atoms with Gasteiger partial charge in [0.15, 0.2) is 0 Å². The molecule has 0 amide bonds. The van der Waals surface area contributed by atoms with Crippen molar-refractivity contribution in [3.8, 4) is 0 Å². The van der Waals surface area contributed by atoms with Gasteiger partial charge in [-0.3, -0.25) is 0 Å². The molecule has 0 heteroatoms. The van der Waals surface area contributed by atoms with Crippen LogP contribution in [0.5, 0.6) is 0 Å². The average Bonchev–Trinajstić information content (AvgIpc) is 2.17. The number of rotatable bonds is 1. The van der Waals surface area contributed by atoms with E-state index in [1.807, 2.05) is 0 Å². The highest BCUT2D eigenvalue weighted by Crippen LogP contribution is 2.22. The normalized spacial score (nSPS) is 10.8. The Morgan fingerprint density at radius 2 is 1.71 bits per heavy atom. The molecule has 0 atom stereocenters. The standard InChI is InChI=1S/C14H16/c1-4-12-7-11(3)8-13-6-5-10(2)9-14(12)13/h5-9H,4H2,1-3H3. The summed E-state index contributed by atoms with van der Waals surface area (Å²) in [5, 5.41) is 2.78. The molecule has 0 saturated heterocycles. The average molecular weight is 184 g/mol. The number of hydrogen-bond acceptors (Lipinski definition) is 0. The Kier molecular flexibility index (Phi) is 2.28. The second-order valence-electron chi connectivity index (χ2n) is 4.00. The number of aryl methyl sites for hydroxylation is 3. The Bertz CT molecular complexity index is 467. The molecular weight excluding hydrogens is 168 g/mol. The van der Waals surface area contributed by atoms with E-state index < -0.39 is 0 Å². The molecule has 0 aliphatic rings. The van der Waals surface area contributed by atoms with Gasteiger partial charge in [0.1, 0.15) is 0 Å². The zero-order valence-corrected chi connectivity index (χ0v) is 9.09. The summed E-state index contributed by atoms with van der Waals surface area (Å²) in [4.78, 5) is 0. The number of fused-ring (bicyclic) bond motifs is 1. The molecule has 0 bridgehead atoms. The van der Waals surface area contributed by atoms with Crippen LogP contribution >= 0.6 is 0 Å². The maximum atomic E-state index is 2.29. The van der Waals surface area contributed by atoms with Crippen molar-refractivity contribution in [2.24, 2.45) is 0 Å². The van der Waals surface area contributed by atoms with Crippen molar-refractivity contribution < 1.29 is 0 Å². The molecule has 0 N–H and O–H groups in total. The second-order valence-corrected chi connectivity index (χ2v) is 4.00. The highest BCUT2D eigenvalue weighted by Gasteiger charge is 2.00. The number of hydrogen-bond donors (Lipinski definition) is 0. The molecule has 2 aromatic rings. The third-order valence-corrected chi connectivity index (χ3v) is 2.72. The summed E-state index contributed by atoms with van der Waals surface area (Å²) in [7, 11) is 0. The molecule has 14 heavy (non-hydrogen) atoms. The minimum Gasteiger partial charge on any atom is -0.0613 e. The third kappa shape index (κ3) is 1.52. The summed E-state index contributed by atoms with van der Waals surface area (Å²) in [6.45, 7) is 6.54. The van der Waals surface area contributed by atoms with Gasteiger partial charge in [0.25, 0.3) is 0 Å². The molecule has 0 saturated carbocycles. The molecule has 0 fully saturated rings. The van der Waals surface area contributed by atoms with E-state index in [9.17, 15) is 0 Å². The van der Waals surface area contributed by atoms with Gasteiger partial charge in [0, 0.05) is 0 Å². The molecule has 0 aliphatic heterocycles. The SMILES string of the molecule is CCc1cc(C)cc2ccc(C)cc12. The Hall–Kier alpha value is -1.30. The molecule has 0 aromatic heterocycles. The van der Waals surface area contributed by atoms with Crippen LogP contribution in [-0.4, -0.2) is 0 Å². The minimum atomic E-state index is 1.11. The molecule has 0 aliphatic carbocycles. The van der Waals surface area contributed by atoms with Crippen LogP contribution in [0.4, 0.5) is 0 Å². The molecule has 2 rings (SSSR count). The van der Waals surface area contributed by atoms with Gasteiger partial charge in [-0.25, -0.2) is 0 Å². The van der Waals surface area contributed by atoms with Crippen molar-refractivity contribution in [1.29, 1.82) is 0 Å². The van der Waals surface area contributed by atoms with Gasteiger partial charge in [-0.05, 0) is 36.6 Å². The van der Waals surface area contributed by atoms with Crippen molar-refractivity contribution in [1.82, 2.24) is 0 Å². The van der Waals surface area contributed by atoms with E-state index >= 15 is 0 Å². The molecular formula is C14H16. The zero-order valence-electron chi connectivity index (χ0n) is 9.09. The topological polar surface area (TPSA) is 0 Å². The van der Waals surface area contributed by atoms with Crippen LogP contribution in [-0.2, 0) is 6.42 Å². The van der Waals surface area contributed by atoms with E-state index in [1.54, 1.807) is 0 Å². The fraction of sp³-hybridized carbons (Fsp3) is 0.286. The molecule has 0 unspecified atom stereocenters. The van der Waals surface area contributed by atoms with Crippen LogP contribution in [0.2, 0.25) is 0 Å². The molecule has 2 aromatic carbocycles. The quantitative estimate of drug-likeness (QED) is 0.628. The first-order valence-electron chi connectivity index (χ1n) is 5.20. The van der Waals surface area contributed by atoms with Crippen LogP contribution in [0.15, 0.2) is 30.3 Å². The van der Waals surface area contributed by atoms with Gasteiger partial charge >= 0.3 is 0 Å². The van der Waals surface area contributed by atoms with Crippen LogP contribution < -0.4 is 0 Å². The van der Waals surface area contributed by atoms with Gasteiger partial charge in [-0.15, -0.1) is 0 Å². The van der Waals surface area contributed by atoms with E-state index in [-0.39, 0.29) is 0 Å². The van der Waals surface area contributed by atoms with Gasteiger partial charge in [-0.2, -0.15) is 0 Å². The first kappa shape index (κ1) is 9.26. The Balaban J connectivity index is 2.81. The largest absolute Gasteiger partial charge is 0.0613 e. The summed E-state index contributed by atoms with van der Waals surface area (Å²) in [5.74, 6) is 0. The monoisotopic (exact) mass is 184 g/mol. The van der Waals surface area contributed by atoms with E-state index in [1.165, 1.54) is 27.5 Å². The minimum absolute atomic E-state index is 1.11. The van der Waals surface area contributed by atoms with E-state index in [0.717, 1.165) is 6.42 Å². The first-order valence-corrected chi connectivity index (χ1v) is 5.20. The smallest absolute Gasteiger partial charge is 0.0149 e. The molecule has 0 spiro atoms. The lowest BCUT2D eigenvalue weighted by atomic mass is 9.98. The molecule has 0 heterocycles. The summed E-state index contributed by atoms with van der Waals surface area (Å²) >= 11 is 0. The predicted octanol–water partition coefficient (Wildman–Crippen LogP) is 4.02.